The van der Waals surface area contributed by atoms with E-state index in [1.54, 1.807) is 11.8 Å². The van der Waals surface area contributed by atoms with Gasteiger partial charge in [0, 0.05) is 11.3 Å². The Kier molecular flexibility index (Phi) is 2.69. The zero-order valence-corrected chi connectivity index (χ0v) is 9.23. The summed E-state index contributed by atoms with van der Waals surface area (Å²) in [6.07, 6.45) is 6.91. The van der Waals surface area contributed by atoms with Gasteiger partial charge in [-0.15, -0.1) is 11.8 Å². The molecule has 1 aromatic rings. The molecule has 0 unspecified atom stereocenters. The van der Waals surface area contributed by atoms with Crippen molar-refractivity contribution in [3.8, 4) is 0 Å². The summed E-state index contributed by atoms with van der Waals surface area (Å²) in [5.74, 6) is 0. The third-order valence-corrected chi connectivity index (χ3v) is 3.30. The molecule has 13 heavy (non-hydrogen) atoms. The average Bonchev–Trinajstić information content (AvgIpc) is 2.16. The highest BCUT2D eigenvalue weighted by atomic mass is 32.2. The largest absolute Gasteiger partial charge is 0.334 e. The third kappa shape index (κ3) is 1.79. The van der Waals surface area contributed by atoms with Gasteiger partial charge < -0.3 is 4.98 Å². The molecule has 2 nitrogen and oxygen atoms in total. The number of hydrogen-bond donors (Lipinski definition) is 1. The van der Waals surface area contributed by atoms with E-state index in [1.165, 1.54) is 24.1 Å². The fraction of sp³-hybridized carbons (Fsp3) is 0.556. The molecule has 0 bridgehead atoms. The van der Waals surface area contributed by atoms with Crippen LogP contribution >= 0.6 is 24.0 Å². The van der Waals surface area contributed by atoms with Gasteiger partial charge >= 0.3 is 0 Å². The highest BCUT2D eigenvalue weighted by Crippen LogP contribution is 2.26. The minimum atomic E-state index is 0.630. The summed E-state index contributed by atoms with van der Waals surface area (Å²) in [6.45, 7) is 0. The zero-order valence-electron chi connectivity index (χ0n) is 7.59. The van der Waals surface area contributed by atoms with Gasteiger partial charge in [0.15, 0.2) is 4.77 Å². The number of fused-ring (bicyclic) bond motifs is 1. The molecule has 0 fully saturated rings. The number of H-pyrrole nitrogens is 1. The summed E-state index contributed by atoms with van der Waals surface area (Å²) in [5.41, 5.74) is 2.71. The van der Waals surface area contributed by atoms with Crippen LogP contribution in [0.3, 0.4) is 0 Å². The van der Waals surface area contributed by atoms with E-state index in [0.717, 1.165) is 17.9 Å². The molecule has 4 heteroatoms. The molecule has 1 N–H and O–H groups in total. The number of thioether (sulfide) groups is 1. The molecule has 0 amide bonds. The maximum atomic E-state index is 5.07. The predicted molar refractivity (Wildman–Crippen MR) is 57.8 cm³/mol. The molecule has 0 radical (unpaired) electrons. The Balaban J connectivity index is 2.57. The summed E-state index contributed by atoms with van der Waals surface area (Å²) in [6, 6.07) is 0. The fourth-order valence-corrected chi connectivity index (χ4v) is 2.69. The topological polar surface area (TPSA) is 28.7 Å². The van der Waals surface area contributed by atoms with Crippen LogP contribution in [0.2, 0.25) is 0 Å². The van der Waals surface area contributed by atoms with E-state index in [9.17, 15) is 0 Å². The highest BCUT2D eigenvalue weighted by molar-refractivity contribution is 7.98. The van der Waals surface area contributed by atoms with Crippen molar-refractivity contribution in [2.24, 2.45) is 0 Å². The lowest BCUT2D eigenvalue weighted by molar-refractivity contribution is 0.643. The van der Waals surface area contributed by atoms with Crippen LogP contribution in [0.15, 0.2) is 5.03 Å². The van der Waals surface area contributed by atoms with Crippen molar-refractivity contribution in [1.82, 2.24) is 9.97 Å². The van der Waals surface area contributed by atoms with Crippen LogP contribution in [-0.2, 0) is 12.8 Å². The molecule has 1 heterocycles. The number of nitrogens with one attached hydrogen (secondary N) is 1. The number of aromatic nitrogens is 2. The second-order valence-electron chi connectivity index (χ2n) is 3.22. The van der Waals surface area contributed by atoms with Crippen LogP contribution in [0.5, 0.6) is 0 Å². The summed E-state index contributed by atoms with van der Waals surface area (Å²) in [5, 5.41) is 1.12. The SMILES string of the molecule is CSc1nc(=S)[nH]c2c1CCCC2. The van der Waals surface area contributed by atoms with Crippen LogP contribution < -0.4 is 0 Å². The van der Waals surface area contributed by atoms with E-state index in [1.807, 2.05) is 0 Å². The van der Waals surface area contributed by atoms with E-state index in [-0.39, 0.29) is 0 Å². The van der Waals surface area contributed by atoms with Gasteiger partial charge in [0.25, 0.3) is 0 Å². The van der Waals surface area contributed by atoms with Crippen LogP contribution in [-0.4, -0.2) is 16.2 Å². The van der Waals surface area contributed by atoms with Gasteiger partial charge in [-0.1, -0.05) is 0 Å². The average molecular weight is 212 g/mol. The summed E-state index contributed by atoms with van der Waals surface area (Å²) >= 11 is 6.77. The fourth-order valence-electron chi connectivity index (χ4n) is 1.76. The molecule has 0 saturated carbocycles. The molecule has 1 aliphatic rings. The van der Waals surface area contributed by atoms with E-state index < -0.39 is 0 Å². The molecule has 0 aromatic carbocycles. The van der Waals surface area contributed by atoms with E-state index >= 15 is 0 Å². The summed E-state index contributed by atoms with van der Waals surface area (Å²) in [7, 11) is 0. The molecule has 0 atom stereocenters. The first-order valence-electron chi connectivity index (χ1n) is 4.47. The lowest BCUT2D eigenvalue weighted by Gasteiger charge is -2.16. The molecule has 0 spiro atoms. The maximum Gasteiger partial charge on any atom is 0.198 e. The van der Waals surface area contributed by atoms with Gasteiger partial charge in [0.1, 0.15) is 5.03 Å². The molecule has 0 saturated heterocycles. The van der Waals surface area contributed by atoms with Crippen molar-refractivity contribution in [3.63, 3.8) is 0 Å². The summed E-state index contributed by atoms with van der Waals surface area (Å²) in [4.78, 5) is 7.52. The van der Waals surface area contributed by atoms with Crippen molar-refractivity contribution in [2.75, 3.05) is 6.26 Å². The van der Waals surface area contributed by atoms with Crippen molar-refractivity contribution < 1.29 is 0 Å². The number of aryl methyl sites for hydroxylation is 1. The van der Waals surface area contributed by atoms with E-state index in [4.69, 9.17) is 12.2 Å². The van der Waals surface area contributed by atoms with Gasteiger partial charge in [-0.2, -0.15) is 0 Å². The second-order valence-corrected chi connectivity index (χ2v) is 4.40. The lowest BCUT2D eigenvalue weighted by atomic mass is 9.98. The van der Waals surface area contributed by atoms with Gasteiger partial charge in [0.05, 0.1) is 0 Å². The quantitative estimate of drug-likeness (QED) is 0.441. The second kappa shape index (κ2) is 3.80. The summed E-state index contributed by atoms with van der Waals surface area (Å²) < 4.78 is 0.630. The Labute approximate surface area is 87.2 Å². The number of nitrogens with zero attached hydrogens (tertiary/aromatic N) is 1. The molecular formula is C9H12N2S2. The minimum Gasteiger partial charge on any atom is -0.334 e. The van der Waals surface area contributed by atoms with Gasteiger partial charge in [-0.25, -0.2) is 4.98 Å². The molecule has 2 rings (SSSR count). The molecule has 70 valence electrons. The molecule has 0 aliphatic heterocycles. The van der Waals surface area contributed by atoms with Crippen LogP contribution in [0.25, 0.3) is 0 Å². The minimum absolute atomic E-state index is 0.630. The third-order valence-electron chi connectivity index (χ3n) is 2.38. The lowest BCUT2D eigenvalue weighted by Crippen LogP contribution is -2.08. The van der Waals surface area contributed by atoms with Gasteiger partial charge in [-0.3, -0.25) is 0 Å². The molecular weight excluding hydrogens is 200 g/mol. The first-order valence-corrected chi connectivity index (χ1v) is 6.10. The Hall–Kier alpha value is -0.350. The standard InChI is InChI=1S/C9H12N2S2/c1-13-8-6-4-2-3-5-7(6)10-9(12)11-8/h2-5H2,1H3,(H,10,11,12). The Morgan fingerprint density at radius 2 is 2.15 bits per heavy atom. The van der Waals surface area contributed by atoms with Gasteiger partial charge in [-0.05, 0) is 44.2 Å². The predicted octanol–water partition coefficient (Wildman–Crippen LogP) is 2.74. The Morgan fingerprint density at radius 1 is 1.38 bits per heavy atom. The van der Waals surface area contributed by atoms with Crippen molar-refractivity contribution in [1.29, 1.82) is 0 Å². The van der Waals surface area contributed by atoms with E-state index in [0.29, 0.717) is 4.77 Å². The Bertz CT molecular complexity index is 350. The zero-order chi connectivity index (χ0) is 9.26. The highest BCUT2D eigenvalue weighted by Gasteiger charge is 2.14. The van der Waals surface area contributed by atoms with Crippen molar-refractivity contribution in [3.05, 3.63) is 16.0 Å². The van der Waals surface area contributed by atoms with Crippen LogP contribution in [0.4, 0.5) is 0 Å². The first-order chi connectivity index (χ1) is 6.31. The number of hydrogen-bond acceptors (Lipinski definition) is 3. The smallest absolute Gasteiger partial charge is 0.198 e. The van der Waals surface area contributed by atoms with Crippen LogP contribution in [0, 0.1) is 4.77 Å². The molecule has 1 aliphatic carbocycles. The van der Waals surface area contributed by atoms with Crippen molar-refractivity contribution >= 4 is 24.0 Å². The number of rotatable bonds is 1. The monoisotopic (exact) mass is 212 g/mol. The normalized spacial score (nSPS) is 15.5. The first kappa shape index (κ1) is 9.21. The molecule has 1 aromatic heterocycles. The van der Waals surface area contributed by atoms with E-state index in [2.05, 4.69) is 16.2 Å². The maximum absolute atomic E-state index is 5.07. The van der Waals surface area contributed by atoms with Gasteiger partial charge in [0.2, 0.25) is 0 Å². The Morgan fingerprint density at radius 3 is 2.92 bits per heavy atom. The van der Waals surface area contributed by atoms with Crippen LogP contribution in [0.1, 0.15) is 24.1 Å². The number of aromatic amines is 1. The van der Waals surface area contributed by atoms with Crippen molar-refractivity contribution in [2.45, 2.75) is 30.7 Å².